The Bertz CT molecular complexity index is 1050. The van der Waals surface area contributed by atoms with Crippen LogP contribution in [0.4, 0.5) is 10.1 Å². The van der Waals surface area contributed by atoms with Crippen LogP contribution in [-0.4, -0.2) is 41.2 Å². The first-order chi connectivity index (χ1) is 15.9. The second-order valence-corrected chi connectivity index (χ2v) is 8.02. The molecule has 0 aliphatic heterocycles. The molecule has 1 aromatic heterocycles. The molecule has 8 nitrogen and oxygen atoms in total. The second-order valence-electron chi connectivity index (χ2n) is 6.73. The van der Waals surface area contributed by atoms with E-state index in [1.165, 1.54) is 24.3 Å². The fourth-order valence-corrected chi connectivity index (χ4v) is 3.55. The molecule has 0 aliphatic carbocycles. The van der Waals surface area contributed by atoms with Gasteiger partial charge in [0.05, 0.1) is 25.1 Å². The number of halogens is 1. The van der Waals surface area contributed by atoms with Crippen molar-refractivity contribution in [2.45, 2.75) is 38.2 Å². The SMILES string of the molecule is CCOc1cc(-c2nnc(SC(C)C(=O)Nc3ccc(F)cc3)o2)cc(OCC)c1OCC. The molecule has 3 rings (SSSR count). The van der Waals surface area contributed by atoms with Gasteiger partial charge in [0.25, 0.3) is 5.22 Å². The fraction of sp³-hybridized carbons (Fsp3) is 0.348. The first-order valence-corrected chi connectivity index (χ1v) is 11.5. The molecule has 0 saturated heterocycles. The number of nitrogens with zero attached hydrogens (tertiary/aromatic N) is 2. The van der Waals surface area contributed by atoms with E-state index in [2.05, 4.69) is 15.5 Å². The third-order valence-corrected chi connectivity index (χ3v) is 5.26. The first kappa shape index (κ1) is 24.4. The van der Waals surface area contributed by atoms with Gasteiger partial charge in [-0.15, -0.1) is 10.2 Å². The molecule has 176 valence electrons. The monoisotopic (exact) mass is 475 g/mol. The summed E-state index contributed by atoms with van der Waals surface area (Å²) >= 11 is 1.12. The van der Waals surface area contributed by atoms with E-state index in [0.29, 0.717) is 48.3 Å². The lowest BCUT2D eigenvalue weighted by Gasteiger charge is -2.16. The third kappa shape index (κ3) is 6.38. The van der Waals surface area contributed by atoms with E-state index in [-0.39, 0.29) is 22.8 Å². The standard InChI is InChI=1S/C23H26FN3O5S/c1-5-29-18-12-15(13-19(30-6-2)20(18)31-7-3)22-26-27-23(32-22)33-14(4)21(28)25-17-10-8-16(24)9-11-17/h8-14H,5-7H2,1-4H3,(H,25,28). The van der Waals surface area contributed by atoms with E-state index in [1.807, 2.05) is 20.8 Å². The number of nitrogens with one attached hydrogen (secondary N) is 1. The summed E-state index contributed by atoms with van der Waals surface area (Å²) < 4.78 is 36.0. The molecular formula is C23H26FN3O5S. The Labute approximate surface area is 195 Å². The van der Waals surface area contributed by atoms with Gasteiger partial charge in [-0.2, -0.15) is 0 Å². The third-order valence-electron chi connectivity index (χ3n) is 4.32. The maximum absolute atomic E-state index is 13.0. The Morgan fingerprint density at radius 3 is 2.21 bits per heavy atom. The average molecular weight is 476 g/mol. The molecule has 0 fully saturated rings. The van der Waals surface area contributed by atoms with Crippen LogP contribution >= 0.6 is 11.8 Å². The maximum atomic E-state index is 13.0. The van der Waals surface area contributed by atoms with Crippen LogP contribution in [0.5, 0.6) is 17.2 Å². The lowest BCUT2D eigenvalue weighted by molar-refractivity contribution is -0.115. The molecule has 0 saturated carbocycles. The molecule has 1 N–H and O–H groups in total. The smallest absolute Gasteiger partial charge is 0.277 e. The number of benzene rings is 2. The van der Waals surface area contributed by atoms with Crippen molar-refractivity contribution in [1.82, 2.24) is 10.2 Å². The maximum Gasteiger partial charge on any atom is 0.277 e. The number of anilines is 1. The quantitative estimate of drug-likeness (QED) is 0.379. The highest BCUT2D eigenvalue weighted by Crippen LogP contribution is 2.42. The molecule has 0 radical (unpaired) electrons. The topological polar surface area (TPSA) is 95.7 Å². The van der Waals surface area contributed by atoms with E-state index in [4.69, 9.17) is 18.6 Å². The molecule has 1 atom stereocenters. The lowest BCUT2D eigenvalue weighted by atomic mass is 10.2. The van der Waals surface area contributed by atoms with E-state index in [1.54, 1.807) is 19.1 Å². The van der Waals surface area contributed by atoms with Crippen molar-refractivity contribution in [3.8, 4) is 28.7 Å². The Balaban J connectivity index is 1.77. The summed E-state index contributed by atoms with van der Waals surface area (Å²) in [7, 11) is 0. The lowest BCUT2D eigenvalue weighted by Crippen LogP contribution is -2.22. The number of carbonyl (C=O) groups is 1. The van der Waals surface area contributed by atoms with Crippen LogP contribution in [0.3, 0.4) is 0 Å². The molecule has 0 aliphatic rings. The number of aromatic nitrogens is 2. The van der Waals surface area contributed by atoms with E-state index >= 15 is 0 Å². The van der Waals surface area contributed by atoms with Gasteiger partial charge < -0.3 is 23.9 Å². The van der Waals surface area contributed by atoms with E-state index < -0.39 is 5.25 Å². The molecule has 3 aromatic rings. The summed E-state index contributed by atoms with van der Waals surface area (Å²) in [4.78, 5) is 12.4. The van der Waals surface area contributed by atoms with Gasteiger partial charge in [-0.25, -0.2) is 4.39 Å². The highest BCUT2D eigenvalue weighted by Gasteiger charge is 2.21. The summed E-state index contributed by atoms with van der Waals surface area (Å²) in [5.41, 5.74) is 1.11. The average Bonchev–Trinajstić information content (AvgIpc) is 3.26. The first-order valence-electron chi connectivity index (χ1n) is 10.6. The van der Waals surface area contributed by atoms with Gasteiger partial charge in [0.15, 0.2) is 11.5 Å². The minimum Gasteiger partial charge on any atom is -0.490 e. The minimum atomic E-state index is -0.526. The predicted octanol–water partition coefficient (Wildman–Crippen LogP) is 5.19. The van der Waals surface area contributed by atoms with Crippen molar-refractivity contribution in [2.24, 2.45) is 0 Å². The van der Waals surface area contributed by atoms with E-state index in [9.17, 15) is 9.18 Å². The summed E-state index contributed by atoms with van der Waals surface area (Å²) in [6.07, 6.45) is 0. The summed E-state index contributed by atoms with van der Waals surface area (Å²) in [6, 6.07) is 9.05. The van der Waals surface area contributed by atoms with Crippen molar-refractivity contribution in [1.29, 1.82) is 0 Å². The molecule has 33 heavy (non-hydrogen) atoms. The Morgan fingerprint density at radius 1 is 1.03 bits per heavy atom. The van der Waals surface area contributed by atoms with Gasteiger partial charge in [0, 0.05) is 11.3 Å². The minimum absolute atomic E-state index is 0.233. The van der Waals surface area contributed by atoms with Crippen LogP contribution in [0, 0.1) is 5.82 Å². The van der Waals surface area contributed by atoms with Crippen LogP contribution in [0.2, 0.25) is 0 Å². The molecule has 1 heterocycles. The number of hydrogen-bond acceptors (Lipinski definition) is 8. The van der Waals surface area contributed by atoms with Crippen LogP contribution in [0.1, 0.15) is 27.7 Å². The molecule has 1 unspecified atom stereocenters. The van der Waals surface area contributed by atoms with Crippen LogP contribution < -0.4 is 19.5 Å². The Kier molecular flexibility index (Phi) is 8.53. The van der Waals surface area contributed by atoms with E-state index in [0.717, 1.165) is 11.8 Å². The molecule has 0 spiro atoms. The number of hydrogen-bond donors (Lipinski definition) is 1. The summed E-state index contributed by atoms with van der Waals surface area (Å²) in [5.74, 6) is 1.16. The van der Waals surface area contributed by atoms with Crippen LogP contribution in [0.15, 0.2) is 46.0 Å². The zero-order valence-corrected chi connectivity index (χ0v) is 19.7. The molecule has 1 amide bonds. The van der Waals surface area contributed by atoms with Crippen LogP contribution in [0.25, 0.3) is 11.5 Å². The zero-order chi connectivity index (χ0) is 23.8. The summed E-state index contributed by atoms with van der Waals surface area (Å²) in [5, 5.41) is 10.6. The molecule has 2 aromatic carbocycles. The summed E-state index contributed by atoms with van der Waals surface area (Å²) in [6.45, 7) is 8.70. The highest BCUT2D eigenvalue weighted by molar-refractivity contribution is 8.00. The van der Waals surface area contributed by atoms with Crippen molar-refractivity contribution in [2.75, 3.05) is 25.1 Å². The zero-order valence-electron chi connectivity index (χ0n) is 18.9. The second kappa shape index (κ2) is 11.6. The van der Waals surface area contributed by atoms with Gasteiger partial charge in [-0.3, -0.25) is 4.79 Å². The normalized spacial score (nSPS) is 11.7. The van der Waals surface area contributed by atoms with Gasteiger partial charge in [-0.1, -0.05) is 11.8 Å². The van der Waals surface area contributed by atoms with Crippen molar-refractivity contribution in [3.05, 3.63) is 42.2 Å². The Hall–Kier alpha value is -3.27. The molecule has 10 heteroatoms. The van der Waals surface area contributed by atoms with Gasteiger partial charge in [0.2, 0.25) is 17.5 Å². The number of ether oxygens (including phenoxy) is 3. The number of thioether (sulfide) groups is 1. The van der Waals surface area contributed by atoms with Crippen molar-refractivity contribution in [3.63, 3.8) is 0 Å². The number of rotatable bonds is 11. The van der Waals surface area contributed by atoms with Gasteiger partial charge in [0.1, 0.15) is 5.82 Å². The van der Waals surface area contributed by atoms with Gasteiger partial charge >= 0.3 is 0 Å². The number of amides is 1. The fourth-order valence-electron chi connectivity index (χ4n) is 2.87. The highest BCUT2D eigenvalue weighted by atomic mass is 32.2. The van der Waals surface area contributed by atoms with Crippen LogP contribution in [-0.2, 0) is 4.79 Å². The van der Waals surface area contributed by atoms with Gasteiger partial charge in [-0.05, 0) is 64.1 Å². The predicted molar refractivity (Wildman–Crippen MR) is 124 cm³/mol. The largest absolute Gasteiger partial charge is 0.490 e. The molecule has 0 bridgehead atoms. The Morgan fingerprint density at radius 2 is 1.64 bits per heavy atom. The molecular weight excluding hydrogens is 449 g/mol. The van der Waals surface area contributed by atoms with Crippen molar-refractivity contribution >= 4 is 23.4 Å². The van der Waals surface area contributed by atoms with Crippen molar-refractivity contribution < 1.29 is 27.8 Å². The number of carbonyl (C=O) groups excluding carboxylic acids is 1.